The highest BCUT2D eigenvalue weighted by atomic mass is 35.5. The van der Waals surface area contributed by atoms with Crippen molar-refractivity contribution in [2.24, 2.45) is 0 Å². The third kappa shape index (κ3) is 4.55. The second-order valence-corrected chi connectivity index (χ2v) is 9.15. The van der Waals surface area contributed by atoms with Crippen molar-refractivity contribution >= 4 is 40.6 Å². The zero-order valence-electron chi connectivity index (χ0n) is 18.9. The molecule has 0 bridgehead atoms. The van der Waals surface area contributed by atoms with Crippen LogP contribution in [0, 0.1) is 0 Å². The summed E-state index contributed by atoms with van der Waals surface area (Å²) < 4.78 is 11.4. The van der Waals surface area contributed by atoms with Gasteiger partial charge in [-0.15, -0.1) is 0 Å². The van der Waals surface area contributed by atoms with Crippen LogP contribution in [0.15, 0.2) is 30.3 Å². The summed E-state index contributed by atoms with van der Waals surface area (Å²) >= 11 is 13.1. The molecule has 4 rings (SSSR count). The predicted molar refractivity (Wildman–Crippen MR) is 129 cm³/mol. The number of rotatable bonds is 6. The SMILES string of the molecule is CCCCCC=C(c1cc(Cl)c2c(c1)C(=O)N(C)CO2)c1cc(Cl)c2c(c1)C(=O)N(C)CO2. The third-order valence-corrected chi connectivity index (χ3v) is 6.39. The fraction of sp³-hybridized carbons (Fsp3) is 0.360. The smallest absolute Gasteiger partial charge is 0.260 e. The normalized spacial score (nSPS) is 14.9. The molecule has 2 amide bonds. The topological polar surface area (TPSA) is 59.1 Å². The molecule has 2 aliphatic rings. The van der Waals surface area contributed by atoms with Crippen LogP contribution in [0.25, 0.3) is 5.57 Å². The van der Waals surface area contributed by atoms with Crippen molar-refractivity contribution in [2.45, 2.75) is 32.6 Å². The van der Waals surface area contributed by atoms with Crippen LogP contribution >= 0.6 is 23.2 Å². The first kappa shape index (κ1) is 23.5. The molecule has 0 saturated carbocycles. The highest BCUT2D eigenvalue weighted by Gasteiger charge is 2.29. The number of halogens is 2. The molecule has 0 aromatic heterocycles. The van der Waals surface area contributed by atoms with Gasteiger partial charge in [-0.05, 0) is 53.8 Å². The van der Waals surface area contributed by atoms with Crippen molar-refractivity contribution in [3.8, 4) is 11.5 Å². The first-order valence-electron chi connectivity index (χ1n) is 11.0. The van der Waals surface area contributed by atoms with Crippen molar-refractivity contribution in [3.05, 3.63) is 62.6 Å². The van der Waals surface area contributed by atoms with Crippen molar-refractivity contribution in [3.63, 3.8) is 0 Å². The van der Waals surface area contributed by atoms with Gasteiger partial charge in [-0.2, -0.15) is 0 Å². The average molecular weight is 489 g/mol. The van der Waals surface area contributed by atoms with Crippen LogP contribution in [-0.4, -0.2) is 49.2 Å². The molecule has 0 radical (unpaired) electrons. The molecule has 2 aromatic carbocycles. The largest absolute Gasteiger partial charge is 0.471 e. The van der Waals surface area contributed by atoms with E-state index >= 15 is 0 Å². The lowest BCUT2D eigenvalue weighted by Crippen LogP contribution is -2.35. The van der Waals surface area contributed by atoms with E-state index in [1.165, 1.54) is 9.80 Å². The number of fused-ring (bicyclic) bond motifs is 2. The van der Waals surface area contributed by atoms with Gasteiger partial charge in [0.05, 0.1) is 21.2 Å². The van der Waals surface area contributed by atoms with E-state index in [2.05, 4.69) is 13.0 Å². The average Bonchev–Trinajstić information content (AvgIpc) is 2.79. The molecular weight excluding hydrogens is 463 g/mol. The Bertz CT molecular complexity index is 1060. The summed E-state index contributed by atoms with van der Waals surface area (Å²) in [6.45, 7) is 2.46. The molecule has 174 valence electrons. The Morgan fingerprint density at radius 1 is 0.879 bits per heavy atom. The van der Waals surface area contributed by atoms with Crippen LogP contribution in [0.3, 0.4) is 0 Å². The first-order valence-corrected chi connectivity index (χ1v) is 11.7. The molecule has 2 aromatic rings. The van der Waals surface area contributed by atoms with Gasteiger partial charge in [0.25, 0.3) is 11.8 Å². The Balaban J connectivity index is 1.84. The lowest BCUT2D eigenvalue weighted by molar-refractivity contribution is 0.0588. The van der Waals surface area contributed by atoms with Crippen molar-refractivity contribution < 1.29 is 19.1 Å². The van der Waals surface area contributed by atoms with Gasteiger partial charge < -0.3 is 19.3 Å². The van der Waals surface area contributed by atoms with Gasteiger partial charge in [0.15, 0.2) is 25.0 Å². The van der Waals surface area contributed by atoms with Gasteiger partial charge in [0.2, 0.25) is 0 Å². The Labute approximate surface area is 203 Å². The van der Waals surface area contributed by atoms with Gasteiger partial charge in [0.1, 0.15) is 0 Å². The molecule has 0 atom stereocenters. The van der Waals surface area contributed by atoms with Gasteiger partial charge >= 0.3 is 0 Å². The number of hydrogen-bond acceptors (Lipinski definition) is 4. The molecule has 0 N–H and O–H groups in total. The minimum atomic E-state index is -0.154. The summed E-state index contributed by atoms with van der Waals surface area (Å²) in [7, 11) is 3.36. The van der Waals surface area contributed by atoms with Crippen LogP contribution in [0.2, 0.25) is 10.0 Å². The van der Waals surface area contributed by atoms with Crippen LogP contribution < -0.4 is 9.47 Å². The van der Waals surface area contributed by atoms with E-state index in [4.69, 9.17) is 32.7 Å². The quantitative estimate of drug-likeness (QED) is 0.478. The molecule has 0 fully saturated rings. The Kier molecular flexibility index (Phi) is 6.86. The number of ether oxygens (including phenoxy) is 2. The molecular formula is C25H26Cl2N2O4. The molecule has 0 spiro atoms. The van der Waals surface area contributed by atoms with Crippen molar-refractivity contribution in [1.82, 2.24) is 9.80 Å². The fourth-order valence-corrected chi connectivity index (χ4v) is 4.55. The lowest BCUT2D eigenvalue weighted by Gasteiger charge is -2.28. The number of hydrogen-bond donors (Lipinski definition) is 0. The van der Waals surface area contributed by atoms with Gasteiger partial charge in [0, 0.05) is 14.1 Å². The molecule has 8 heteroatoms. The van der Waals surface area contributed by atoms with Crippen molar-refractivity contribution in [2.75, 3.05) is 27.6 Å². The molecule has 0 aliphatic carbocycles. The van der Waals surface area contributed by atoms with E-state index in [1.807, 2.05) is 0 Å². The summed E-state index contributed by atoms with van der Waals surface area (Å²) in [5, 5.41) is 0.734. The maximum atomic E-state index is 12.8. The summed E-state index contributed by atoms with van der Waals surface area (Å²) in [6, 6.07) is 7.18. The minimum absolute atomic E-state index is 0.153. The second-order valence-electron chi connectivity index (χ2n) is 8.34. The molecule has 6 nitrogen and oxygen atoms in total. The van der Waals surface area contributed by atoms with E-state index in [0.717, 1.165) is 42.4 Å². The number of amides is 2. The second kappa shape index (κ2) is 9.65. The van der Waals surface area contributed by atoms with Crippen LogP contribution in [0.5, 0.6) is 11.5 Å². The number of nitrogens with zero attached hydrogens (tertiary/aromatic N) is 2. The standard InChI is InChI=1S/C25H26Cl2N2O4/c1-4-5-6-7-8-17(15-9-18-22(20(26)11-15)32-13-28(2)24(18)30)16-10-19-23(21(27)12-16)33-14-29(3)25(19)31/h8-12H,4-7,13-14H2,1-3H3. The van der Waals surface area contributed by atoms with Gasteiger partial charge in [-0.25, -0.2) is 0 Å². The number of carbonyl (C=O) groups excluding carboxylic acids is 2. The van der Waals surface area contributed by atoms with E-state index < -0.39 is 0 Å². The maximum Gasteiger partial charge on any atom is 0.260 e. The molecule has 2 heterocycles. The number of allylic oxidation sites excluding steroid dienone is 1. The first-order chi connectivity index (χ1) is 15.8. The Morgan fingerprint density at radius 2 is 1.36 bits per heavy atom. The van der Waals surface area contributed by atoms with E-state index in [0.29, 0.717) is 32.7 Å². The number of carbonyl (C=O) groups is 2. The lowest BCUT2D eigenvalue weighted by atomic mass is 9.92. The molecule has 0 unspecified atom stereocenters. The van der Waals surface area contributed by atoms with E-state index in [9.17, 15) is 9.59 Å². The highest BCUT2D eigenvalue weighted by molar-refractivity contribution is 6.33. The Morgan fingerprint density at radius 3 is 1.82 bits per heavy atom. The summed E-state index contributed by atoms with van der Waals surface area (Å²) in [4.78, 5) is 28.6. The zero-order chi connectivity index (χ0) is 23.7. The van der Waals surface area contributed by atoms with E-state index in [1.54, 1.807) is 38.4 Å². The molecule has 0 saturated heterocycles. The fourth-order valence-electron chi connectivity index (χ4n) is 4.00. The van der Waals surface area contributed by atoms with Gasteiger partial charge in [-0.3, -0.25) is 9.59 Å². The summed E-state index contributed by atoms with van der Waals surface area (Å²) in [5.41, 5.74) is 3.19. The van der Waals surface area contributed by atoms with Crippen LogP contribution in [0.4, 0.5) is 0 Å². The third-order valence-electron chi connectivity index (χ3n) is 5.82. The van der Waals surface area contributed by atoms with Crippen molar-refractivity contribution in [1.29, 1.82) is 0 Å². The molecule has 2 aliphatic heterocycles. The summed E-state index contributed by atoms with van der Waals surface area (Å²) in [5.74, 6) is 0.475. The van der Waals surface area contributed by atoms with E-state index in [-0.39, 0.29) is 25.3 Å². The molecule has 33 heavy (non-hydrogen) atoms. The number of unbranched alkanes of at least 4 members (excludes halogenated alkanes) is 3. The Hall–Kier alpha value is -2.70. The highest BCUT2D eigenvalue weighted by Crippen LogP contribution is 2.40. The minimum Gasteiger partial charge on any atom is -0.471 e. The number of benzene rings is 2. The van der Waals surface area contributed by atoms with Gasteiger partial charge in [-0.1, -0.05) is 49.0 Å². The zero-order valence-corrected chi connectivity index (χ0v) is 20.4. The van der Waals surface area contributed by atoms with Crippen LogP contribution in [0.1, 0.15) is 64.4 Å². The monoisotopic (exact) mass is 488 g/mol. The predicted octanol–water partition coefficient (Wildman–Crippen LogP) is 5.85. The maximum absolute atomic E-state index is 12.8. The van der Waals surface area contributed by atoms with Crippen LogP contribution in [-0.2, 0) is 0 Å². The summed E-state index contributed by atoms with van der Waals surface area (Å²) in [6.07, 6.45) is 6.18.